The second-order valence-electron chi connectivity index (χ2n) is 4.84. The van der Waals surface area contributed by atoms with Crippen LogP contribution in [0.15, 0.2) is 40.2 Å². The molecule has 1 unspecified atom stereocenters. The van der Waals surface area contributed by atoms with Crippen molar-refractivity contribution in [1.29, 1.82) is 0 Å². The van der Waals surface area contributed by atoms with E-state index in [1.807, 2.05) is 6.07 Å². The van der Waals surface area contributed by atoms with Crippen molar-refractivity contribution in [2.75, 3.05) is 26.8 Å². The Hall–Kier alpha value is -0.750. The maximum Gasteiger partial charge on any atom is 0.123 e. The van der Waals surface area contributed by atoms with Crippen molar-refractivity contribution >= 4 is 27.3 Å². The molecule has 0 fully saturated rings. The maximum absolute atomic E-state index is 13.5. The van der Waals surface area contributed by atoms with Gasteiger partial charge in [-0.15, -0.1) is 11.3 Å². The van der Waals surface area contributed by atoms with Crippen molar-refractivity contribution in [2.45, 2.75) is 12.3 Å². The zero-order valence-electron chi connectivity index (χ0n) is 11.9. The second-order valence-corrected chi connectivity index (χ2v) is 6.70. The van der Waals surface area contributed by atoms with E-state index in [1.165, 1.54) is 10.9 Å². The summed E-state index contributed by atoms with van der Waals surface area (Å²) < 4.78 is 19.7. The molecule has 0 saturated carbocycles. The summed E-state index contributed by atoms with van der Waals surface area (Å²) >= 11 is 5.30. The van der Waals surface area contributed by atoms with Crippen molar-refractivity contribution in [1.82, 2.24) is 5.32 Å². The fourth-order valence-corrected chi connectivity index (χ4v) is 3.81. The lowest BCUT2D eigenvalue weighted by Gasteiger charge is -2.18. The van der Waals surface area contributed by atoms with Gasteiger partial charge in [-0.05, 0) is 51.5 Å². The minimum atomic E-state index is -0.181. The first-order chi connectivity index (χ1) is 10.2. The summed E-state index contributed by atoms with van der Waals surface area (Å²) in [5, 5.41) is 5.45. The number of halogens is 2. The molecule has 0 amide bonds. The predicted molar refractivity (Wildman–Crippen MR) is 89.6 cm³/mol. The molecule has 1 heterocycles. The minimum absolute atomic E-state index is 0.181. The molecule has 0 radical (unpaired) electrons. The number of nitrogens with one attached hydrogen (secondary N) is 1. The van der Waals surface area contributed by atoms with E-state index in [9.17, 15) is 4.39 Å². The monoisotopic (exact) mass is 371 g/mol. The van der Waals surface area contributed by atoms with Gasteiger partial charge in [0.1, 0.15) is 5.82 Å². The van der Waals surface area contributed by atoms with Gasteiger partial charge in [0.15, 0.2) is 0 Å². The lowest BCUT2D eigenvalue weighted by Crippen LogP contribution is -2.26. The Morgan fingerprint density at radius 3 is 2.90 bits per heavy atom. The quantitative estimate of drug-likeness (QED) is 0.701. The second kappa shape index (κ2) is 8.63. The highest BCUT2D eigenvalue weighted by Crippen LogP contribution is 2.29. The third-order valence-corrected chi connectivity index (χ3v) is 5.27. The Bertz CT molecular complexity index is 561. The molecular weight excluding hydrogens is 353 g/mol. The van der Waals surface area contributed by atoms with Crippen LogP contribution in [0.3, 0.4) is 0 Å². The minimum Gasteiger partial charge on any atom is -0.383 e. The molecule has 0 aliphatic rings. The highest BCUT2D eigenvalue weighted by atomic mass is 79.9. The summed E-state index contributed by atoms with van der Waals surface area (Å²) in [5.74, 6) is 0.0622. The van der Waals surface area contributed by atoms with Crippen molar-refractivity contribution in [3.8, 4) is 0 Å². The van der Waals surface area contributed by atoms with Crippen LogP contribution in [0.25, 0.3) is 0 Å². The molecule has 0 aliphatic heterocycles. The van der Waals surface area contributed by atoms with E-state index in [0.717, 1.165) is 29.5 Å². The number of thiophene rings is 1. The molecule has 2 rings (SSSR count). The largest absolute Gasteiger partial charge is 0.383 e. The van der Waals surface area contributed by atoms with Crippen LogP contribution < -0.4 is 5.32 Å². The molecule has 0 saturated heterocycles. The average Bonchev–Trinajstić information content (AvgIpc) is 2.87. The highest BCUT2D eigenvalue weighted by Gasteiger charge is 2.15. The van der Waals surface area contributed by atoms with Gasteiger partial charge in [0.2, 0.25) is 0 Å². The number of benzene rings is 1. The normalized spacial score (nSPS) is 12.5. The van der Waals surface area contributed by atoms with Gasteiger partial charge >= 0.3 is 0 Å². The summed E-state index contributed by atoms with van der Waals surface area (Å²) in [5.41, 5.74) is 1.03. The van der Waals surface area contributed by atoms with Crippen LogP contribution >= 0.6 is 27.3 Å². The van der Waals surface area contributed by atoms with E-state index in [-0.39, 0.29) is 11.7 Å². The fraction of sp³-hybridized carbons (Fsp3) is 0.375. The zero-order valence-corrected chi connectivity index (χ0v) is 14.3. The van der Waals surface area contributed by atoms with Crippen LogP contribution in [0.5, 0.6) is 0 Å². The van der Waals surface area contributed by atoms with Crippen molar-refractivity contribution < 1.29 is 9.13 Å². The molecule has 0 aliphatic carbocycles. The third kappa shape index (κ3) is 5.18. The van der Waals surface area contributed by atoms with Crippen LogP contribution in [-0.2, 0) is 11.2 Å². The highest BCUT2D eigenvalue weighted by molar-refractivity contribution is 9.10. The molecule has 114 valence electrons. The first kappa shape index (κ1) is 16.6. The van der Waals surface area contributed by atoms with Gasteiger partial charge in [-0.25, -0.2) is 4.39 Å². The standard InChI is InChI=1S/C16H19BrFNOS/c1-20-7-6-19-11-13(10-16-15(17)5-8-21-16)12-3-2-4-14(18)9-12/h2-5,8-9,13,19H,6-7,10-11H2,1H3. The summed E-state index contributed by atoms with van der Waals surface area (Å²) in [7, 11) is 1.69. The molecule has 0 spiro atoms. The number of hydrogen-bond acceptors (Lipinski definition) is 3. The topological polar surface area (TPSA) is 21.3 Å². The Morgan fingerprint density at radius 2 is 2.24 bits per heavy atom. The average molecular weight is 372 g/mol. The SMILES string of the molecule is COCCNCC(Cc1sccc1Br)c1cccc(F)c1. The zero-order chi connectivity index (χ0) is 15.1. The van der Waals surface area contributed by atoms with Gasteiger partial charge < -0.3 is 10.1 Å². The Morgan fingerprint density at radius 1 is 1.38 bits per heavy atom. The smallest absolute Gasteiger partial charge is 0.123 e. The number of methoxy groups -OCH3 is 1. The first-order valence-corrected chi connectivity index (χ1v) is 8.55. The number of hydrogen-bond donors (Lipinski definition) is 1. The lowest BCUT2D eigenvalue weighted by molar-refractivity contribution is 0.199. The summed E-state index contributed by atoms with van der Waals surface area (Å²) in [6, 6.07) is 8.94. The predicted octanol–water partition coefficient (Wildman–Crippen LogP) is 4.21. The molecule has 21 heavy (non-hydrogen) atoms. The van der Waals surface area contributed by atoms with Crippen LogP contribution in [0.1, 0.15) is 16.4 Å². The first-order valence-electron chi connectivity index (χ1n) is 6.87. The summed E-state index contributed by atoms with van der Waals surface area (Å²) in [6.07, 6.45) is 0.891. The molecule has 1 aromatic heterocycles. The fourth-order valence-electron chi connectivity index (χ4n) is 2.21. The lowest BCUT2D eigenvalue weighted by atomic mass is 9.95. The van der Waals surface area contributed by atoms with Crippen LogP contribution in [-0.4, -0.2) is 26.8 Å². The number of rotatable bonds is 8. The van der Waals surface area contributed by atoms with Crippen molar-refractivity contribution in [3.05, 3.63) is 56.4 Å². The van der Waals surface area contributed by atoms with Gasteiger partial charge in [0.25, 0.3) is 0 Å². The molecule has 2 aromatic rings. The Kier molecular flexibility index (Phi) is 6.83. The van der Waals surface area contributed by atoms with E-state index >= 15 is 0 Å². The number of ether oxygens (including phenoxy) is 1. The molecular formula is C16H19BrFNOS. The Balaban J connectivity index is 2.08. The molecule has 0 bridgehead atoms. The van der Waals surface area contributed by atoms with Crippen molar-refractivity contribution in [3.63, 3.8) is 0 Å². The van der Waals surface area contributed by atoms with Gasteiger partial charge in [-0.1, -0.05) is 12.1 Å². The maximum atomic E-state index is 13.5. The van der Waals surface area contributed by atoms with E-state index in [4.69, 9.17) is 4.74 Å². The molecule has 1 atom stereocenters. The van der Waals surface area contributed by atoms with Crippen molar-refractivity contribution in [2.24, 2.45) is 0 Å². The van der Waals surface area contributed by atoms with Crippen LogP contribution in [0.2, 0.25) is 0 Å². The molecule has 5 heteroatoms. The summed E-state index contributed by atoms with van der Waals surface area (Å²) in [4.78, 5) is 1.29. The summed E-state index contributed by atoms with van der Waals surface area (Å²) in [6.45, 7) is 2.28. The molecule has 1 N–H and O–H groups in total. The van der Waals surface area contributed by atoms with Gasteiger partial charge in [0.05, 0.1) is 6.61 Å². The van der Waals surface area contributed by atoms with Gasteiger partial charge in [-0.2, -0.15) is 0 Å². The Labute approximate surface area is 137 Å². The van der Waals surface area contributed by atoms with Crippen LogP contribution in [0, 0.1) is 5.82 Å². The van der Waals surface area contributed by atoms with Crippen LogP contribution in [0.4, 0.5) is 4.39 Å². The molecule has 2 nitrogen and oxygen atoms in total. The van der Waals surface area contributed by atoms with E-state index < -0.39 is 0 Å². The van der Waals surface area contributed by atoms with E-state index in [1.54, 1.807) is 30.6 Å². The van der Waals surface area contributed by atoms with Gasteiger partial charge in [-0.3, -0.25) is 0 Å². The van der Waals surface area contributed by atoms with Gasteiger partial charge in [0, 0.05) is 35.5 Å². The van der Waals surface area contributed by atoms with E-state index in [2.05, 4.69) is 32.7 Å². The third-order valence-electron chi connectivity index (χ3n) is 3.32. The molecule has 1 aromatic carbocycles. The van der Waals surface area contributed by atoms with E-state index in [0.29, 0.717) is 6.61 Å².